The minimum atomic E-state index is -4.81. The van der Waals surface area contributed by atoms with Gasteiger partial charge < -0.3 is 24.4 Å². The summed E-state index contributed by atoms with van der Waals surface area (Å²) in [5.74, 6) is -1.12. The molecule has 2 atom stereocenters. The molecular weight excluding hydrogens is 739 g/mol. The molecule has 0 aliphatic rings. The highest BCUT2D eigenvalue weighted by Gasteiger charge is 2.22. The lowest BCUT2D eigenvalue weighted by molar-refractivity contribution is -0.161. The van der Waals surface area contributed by atoms with Crippen LogP contribution >= 0.6 is 7.82 Å². The van der Waals surface area contributed by atoms with Crippen molar-refractivity contribution in [3.05, 3.63) is 146 Å². The maximum atomic E-state index is 12.4. The normalized spacial score (nSPS) is 14.5. The summed E-state index contributed by atoms with van der Waals surface area (Å²) in [6, 6.07) is 0. The summed E-state index contributed by atoms with van der Waals surface area (Å²) < 4.78 is 26.2. The molecule has 0 amide bonds. The van der Waals surface area contributed by atoms with Gasteiger partial charge in [0.05, 0.1) is 12.7 Å². The van der Waals surface area contributed by atoms with Crippen LogP contribution in [0.5, 0.6) is 0 Å². The lowest BCUT2D eigenvalue weighted by Crippen LogP contribution is -2.29. The van der Waals surface area contributed by atoms with Crippen molar-refractivity contribution in [2.75, 3.05) is 13.2 Å². The Balaban J connectivity index is 4.27. The molecule has 0 fully saturated rings. The second-order valence-electron chi connectivity index (χ2n) is 12.7. The number of carbonyl (C=O) groups excluding carboxylic acids is 2. The molecule has 0 aliphatic heterocycles. The molecule has 316 valence electrons. The number of phosphoric ester groups is 1. The van der Waals surface area contributed by atoms with E-state index in [-0.39, 0.29) is 19.4 Å². The van der Waals surface area contributed by atoms with Crippen molar-refractivity contribution in [3.63, 3.8) is 0 Å². The predicted octanol–water partition coefficient (Wildman–Crippen LogP) is 11.5. The number of aliphatic hydroxyl groups excluding tert-OH is 1. The molecule has 1 unspecified atom stereocenters. The summed E-state index contributed by atoms with van der Waals surface area (Å²) in [6.07, 6.45) is 57.8. The lowest BCUT2D eigenvalue weighted by atomic mass is 10.2. The molecule has 0 heterocycles. The van der Waals surface area contributed by atoms with Crippen LogP contribution in [0, 0.1) is 0 Å². The molecule has 3 N–H and O–H groups in total. The van der Waals surface area contributed by atoms with Crippen LogP contribution < -0.4 is 0 Å². The van der Waals surface area contributed by atoms with Crippen molar-refractivity contribution in [1.82, 2.24) is 0 Å². The zero-order valence-corrected chi connectivity index (χ0v) is 35.2. The van der Waals surface area contributed by atoms with Gasteiger partial charge in [0.2, 0.25) is 0 Å². The first-order valence-electron chi connectivity index (χ1n) is 20.2. The van der Waals surface area contributed by atoms with Crippen molar-refractivity contribution in [3.8, 4) is 0 Å². The van der Waals surface area contributed by atoms with Crippen molar-refractivity contribution in [1.29, 1.82) is 0 Å². The van der Waals surface area contributed by atoms with Gasteiger partial charge in [0.25, 0.3) is 0 Å². The van der Waals surface area contributed by atoms with Crippen LogP contribution in [0.1, 0.15) is 110 Å². The number of carbonyl (C=O) groups is 2. The monoisotopic (exact) mass is 808 g/mol. The van der Waals surface area contributed by atoms with Crippen molar-refractivity contribution < 1.29 is 43.0 Å². The fourth-order valence-electron chi connectivity index (χ4n) is 4.51. The number of allylic oxidation sites excluding steroid dienone is 22. The van der Waals surface area contributed by atoms with E-state index in [4.69, 9.17) is 19.3 Å². The second-order valence-corrected chi connectivity index (χ2v) is 13.9. The van der Waals surface area contributed by atoms with Crippen LogP contribution in [0.2, 0.25) is 0 Å². The molecule has 0 aromatic heterocycles. The topological polar surface area (TPSA) is 140 Å². The molecule has 0 aromatic rings. The van der Waals surface area contributed by atoms with Gasteiger partial charge in [0.15, 0.2) is 6.10 Å². The number of rotatable bonds is 34. The minimum Gasteiger partial charge on any atom is -0.462 e. The van der Waals surface area contributed by atoms with E-state index in [2.05, 4.69) is 91.3 Å². The Morgan fingerprint density at radius 2 is 0.930 bits per heavy atom. The Morgan fingerprint density at radius 3 is 1.39 bits per heavy atom. The fourth-order valence-corrected chi connectivity index (χ4v) is 4.87. The Morgan fingerprint density at radius 1 is 0.526 bits per heavy atom. The summed E-state index contributed by atoms with van der Waals surface area (Å²) in [4.78, 5) is 42.8. The van der Waals surface area contributed by atoms with Gasteiger partial charge in [-0.3, -0.25) is 14.1 Å². The van der Waals surface area contributed by atoms with E-state index < -0.39 is 38.6 Å². The zero-order valence-electron chi connectivity index (χ0n) is 34.3. The van der Waals surface area contributed by atoms with Crippen LogP contribution in [0.25, 0.3) is 0 Å². The third-order valence-electron chi connectivity index (χ3n) is 7.46. The number of hydrogen-bond acceptors (Lipinski definition) is 7. The third kappa shape index (κ3) is 42.9. The molecule has 0 aliphatic carbocycles. The summed E-state index contributed by atoms with van der Waals surface area (Å²) in [5, 5.41) is 9.81. The second kappa shape index (κ2) is 40.1. The largest absolute Gasteiger partial charge is 0.469 e. The Hall–Kier alpha value is -4.11. The average molecular weight is 809 g/mol. The number of phosphoric acid groups is 1. The van der Waals surface area contributed by atoms with Crippen LogP contribution in [0.4, 0.5) is 0 Å². The van der Waals surface area contributed by atoms with Crippen LogP contribution in [-0.2, 0) is 28.2 Å². The number of ether oxygens (including phenoxy) is 2. The maximum Gasteiger partial charge on any atom is 0.469 e. The third-order valence-corrected chi connectivity index (χ3v) is 7.95. The first kappa shape index (κ1) is 52.9. The van der Waals surface area contributed by atoms with E-state index in [1.54, 1.807) is 6.08 Å². The van der Waals surface area contributed by atoms with E-state index in [0.29, 0.717) is 19.3 Å². The minimum absolute atomic E-state index is 0.0530. The molecule has 0 rings (SSSR count). The van der Waals surface area contributed by atoms with Gasteiger partial charge in [-0.05, 0) is 83.5 Å². The standard InChI is InChI=1S/C47H69O9P/c1-3-5-7-8-9-10-11-12-13-14-15-16-17-20-24-27-30-33-37-41-47(50)56-45(43-55-57(51,52)53)42-54-46(49)40-36-32-29-26-23-21-18-19-22-25-28-31-35-39-44(48)38-34-6-4-2/h5-7,9-10,12-13,15-16,19-24,28-35,39,44-45,48H,3-4,8,11,14,17-18,25-27,36-38,40-43H2,1-2H3,(H2,51,52,53)/b7-5-,10-9-,13-12-,16-15-,22-19-,23-21-,24-20-,31-28+,32-29-,33-30-,34-6-,39-35+/t44?,45-/m1/s1. The quantitative estimate of drug-likeness (QED) is 0.0251. The number of aliphatic hydroxyl groups is 1. The van der Waals surface area contributed by atoms with E-state index in [1.165, 1.54) is 0 Å². The summed E-state index contributed by atoms with van der Waals surface area (Å²) in [6.45, 7) is 3.21. The molecule has 0 saturated heterocycles. The first-order valence-corrected chi connectivity index (χ1v) is 21.8. The molecule has 9 nitrogen and oxygen atoms in total. The smallest absolute Gasteiger partial charge is 0.462 e. The summed E-state index contributed by atoms with van der Waals surface area (Å²) in [5.41, 5.74) is 0. The average Bonchev–Trinajstić information content (AvgIpc) is 3.18. The predicted molar refractivity (Wildman–Crippen MR) is 235 cm³/mol. The zero-order chi connectivity index (χ0) is 41.9. The van der Waals surface area contributed by atoms with E-state index >= 15 is 0 Å². The molecule has 0 saturated carbocycles. The number of esters is 2. The van der Waals surface area contributed by atoms with Crippen LogP contribution in [-0.4, -0.2) is 52.3 Å². The van der Waals surface area contributed by atoms with Gasteiger partial charge in [0.1, 0.15) is 6.61 Å². The molecule has 57 heavy (non-hydrogen) atoms. The highest BCUT2D eigenvalue weighted by Crippen LogP contribution is 2.35. The SMILES string of the molecule is CC/C=C\C/C=C\C/C=C\C/C=C\C/C=C\C/C=C\CCC(=O)O[C@H](COC(=O)CC/C=C\C/C=C\C/C=C\C/C=C/C=C/C(O)C/C=C\CC)COP(=O)(O)O. The highest BCUT2D eigenvalue weighted by molar-refractivity contribution is 7.46. The molecule has 0 spiro atoms. The number of hydrogen-bond donors (Lipinski definition) is 3. The van der Waals surface area contributed by atoms with Crippen molar-refractivity contribution >= 4 is 19.8 Å². The van der Waals surface area contributed by atoms with E-state index in [1.807, 2.05) is 66.8 Å². The summed E-state index contributed by atoms with van der Waals surface area (Å²) >= 11 is 0. The van der Waals surface area contributed by atoms with Gasteiger partial charge in [-0.1, -0.05) is 160 Å². The van der Waals surface area contributed by atoms with Gasteiger partial charge in [0, 0.05) is 12.8 Å². The van der Waals surface area contributed by atoms with Crippen molar-refractivity contribution in [2.24, 2.45) is 0 Å². The Bertz CT molecular complexity index is 1430. The van der Waals surface area contributed by atoms with E-state index in [9.17, 15) is 19.3 Å². The summed E-state index contributed by atoms with van der Waals surface area (Å²) in [7, 11) is -4.81. The molecular formula is C47H69O9P. The molecule has 10 heteroatoms. The first-order chi connectivity index (χ1) is 27.7. The Kier molecular flexibility index (Phi) is 37.2. The highest BCUT2D eigenvalue weighted by atomic mass is 31.2. The molecule has 0 bridgehead atoms. The van der Waals surface area contributed by atoms with Gasteiger partial charge in [-0.15, -0.1) is 0 Å². The fraction of sp³-hybridized carbons (Fsp3) is 0.447. The van der Waals surface area contributed by atoms with Crippen LogP contribution in [0.3, 0.4) is 0 Å². The Labute approximate surface area is 343 Å². The lowest BCUT2D eigenvalue weighted by Gasteiger charge is -2.18. The molecule has 0 aromatic carbocycles. The maximum absolute atomic E-state index is 12.4. The van der Waals surface area contributed by atoms with Gasteiger partial charge in [-0.25, -0.2) is 4.57 Å². The molecule has 0 radical (unpaired) electrons. The van der Waals surface area contributed by atoms with E-state index in [0.717, 1.165) is 64.2 Å². The van der Waals surface area contributed by atoms with Crippen LogP contribution in [0.15, 0.2) is 146 Å². The van der Waals surface area contributed by atoms with Crippen molar-refractivity contribution in [2.45, 2.75) is 122 Å². The van der Waals surface area contributed by atoms with Gasteiger partial charge in [-0.2, -0.15) is 0 Å². The van der Waals surface area contributed by atoms with Gasteiger partial charge >= 0.3 is 19.8 Å².